The maximum Gasteiger partial charge on any atom is 0.257 e. The van der Waals surface area contributed by atoms with Crippen LogP contribution in [0.1, 0.15) is 28.9 Å². The number of piperidine rings is 2. The molecule has 34 heavy (non-hydrogen) atoms. The average Bonchev–Trinajstić information content (AvgIpc) is 3.23. The van der Waals surface area contributed by atoms with Crippen LogP contribution in [0.2, 0.25) is 5.02 Å². The maximum atomic E-state index is 14.3. The fourth-order valence-corrected chi connectivity index (χ4v) is 5.39. The smallest absolute Gasteiger partial charge is 0.257 e. The van der Waals surface area contributed by atoms with Crippen molar-refractivity contribution >= 4 is 23.3 Å². The molecule has 0 aliphatic carbocycles. The lowest BCUT2D eigenvalue weighted by atomic mass is 9.89. The van der Waals surface area contributed by atoms with Gasteiger partial charge in [-0.3, -0.25) is 14.1 Å². The summed E-state index contributed by atoms with van der Waals surface area (Å²) in [6, 6.07) is 16.1. The molecule has 7 rings (SSSR count). The number of fused-ring (bicyclic) bond motifs is 4. The highest BCUT2D eigenvalue weighted by Gasteiger charge is 2.42. The summed E-state index contributed by atoms with van der Waals surface area (Å²) in [5, 5.41) is 0.681. The number of aromatic nitrogens is 3. The van der Waals surface area contributed by atoms with Gasteiger partial charge >= 0.3 is 0 Å². The van der Waals surface area contributed by atoms with Crippen LogP contribution in [0.3, 0.4) is 0 Å². The van der Waals surface area contributed by atoms with E-state index in [-0.39, 0.29) is 23.6 Å². The molecule has 2 aromatic carbocycles. The Balaban J connectivity index is 1.29. The number of nitrogens with zero attached hydrogens (tertiary/aromatic N) is 5. The molecule has 4 aromatic rings. The van der Waals surface area contributed by atoms with Gasteiger partial charge < -0.3 is 4.90 Å². The molecule has 8 heteroatoms. The SMILES string of the molecule is O=C(c1ccccc1F)N1CC2CCC1CN2Cc1c(-c2ccc(Cl)cc2)nc2ncccn12. The van der Waals surface area contributed by atoms with E-state index >= 15 is 0 Å². The number of benzene rings is 2. The third-order valence-corrected chi connectivity index (χ3v) is 7.23. The van der Waals surface area contributed by atoms with Crippen LogP contribution in [-0.4, -0.2) is 55.2 Å². The minimum atomic E-state index is -0.461. The maximum absolute atomic E-state index is 14.3. The Morgan fingerprint density at radius 1 is 1.03 bits per heavy atom. The predicted octanol–water partition coefficient (Wildman–Crippen LogP) is 4.68. The lowest BCUT2D eigenvalue weighted by Gasteiger charge is -2.51. The van der Waals surface area contributed by atoms with Crippen molar-refractivity contribution in [2.24, 2.45) is 0 Å². The van der Waals surface area contributed by atoms with Crippen molar-refractivity contribution in [2.75, 3.05) is 13.1 Å². The number of hydrogen-bond acceptors (Lipinski definition) is 4. The molecule has 172 valence electrons. The van der Waals surface area contributed by atoms with Crippen LogP contribution in [-0.2, 0) is 6.54 Å². The van der Waals surface area contributed by atoms with Crippen LogP contribution in [0.5, 0.6) is 0 Å². The van der Waals surface area contributed by atoms with Crippen molar-refractivity contribution in [3.63, 3.8) is 0 Å². The molecular formula is C26H23ClFN5O. The first-order chi connectivity index (χ1) is 16.6. The molecule has 3 fully saturated rings. The van der Waals surface area contributed by atoms with Gasteiger partial charge in [-0.2, -0.15) is 0 Å². The summed E-state index contributed by atoms with van der Waals surface area (Å²) in [6.45, 7) is 2.04. The second-order valence-electron chi connectivity index (χ2n) is 8.96. The standard InChI is InChI=1S/C26H23ClFN5O/c27-18-8-6-17(7-9-18)24-23(32-13-3-12-29-26(32)30-24)16-31-14-20-11-10-19(31)15-33(20)25(34)21-4-1-2-5-22(21)28/h1-9,12-13,19-20H,10-11,14-16H2. The first-order valence-corrected chi connectivity index (χ1v) is 11.8. The topological polar surface area (TPSA) is 53.7 Å². The van der Waals surface area contributed by atoms with Gasteiger partial charge in [0.1, 0.15) is 5.82 Å². The zero-order chi connectivity index (χ0) is 23.2. The number of carbonyl (C=O) groups is 1. The monoisotopic (exact) mass is 475 g/mol. The van der Waals surface area contributed by atoms with Gasteiger partial charge in [-0.15, -0.1) is 0 Å². The van der Waals surface area contributed by atoms with Gasteiger partial charge in [0.15, 0.2) is 0 Å². The summed E-state index contributed by atoms with van der Waals surface area (Å²) in [6.07, 6.45) is 5.67. The molecule has 3 aliphatic heterocycles. The Morgan fingerprint density at radius 3 is 2.59 bits per heavy atom. The number of halogens is 2. The van der Waals surface area contributed by atoms with Crippen molar-refractivity contribution in [2.45, 2.75) is 31.5 Å². The van der Waals surface area contributed by atoms with Crippen molar-refractivity contribution in [3.05, 3.63) is 89.1 Å². The molecule has 5 heterocycles. The molecule has 2 bridgehead atoms. The zero-order valence-corrected chi connectivity index (χ0v) is 19.2. The number of carbonyl (C=O) groups excluding carboxylic acids is 1. The lowest BCUT2D eigenvalue weighted by molar-refractivity contribution is -0.0161. The molecule has 2 aromatic heterocycles. The van der Waals surface area contributed by atoms with Crippen LogP contribution in [0, 0.1) is 5.82 Å². The average molecular weight is 476 g/mol. The van der Waals surface area contributed by atoms with Gasteiger partial charge in [-0.05, 0) is 43.2 Å². The van der Waals surface area contributed by atoms with Crippen LogP contribution in [0.15, 0.2) is 67.0 Å². The molecule has 0 radical (unpaired) electrons. The first-order valence-electron chi connectivity index (χ1n) is 11.5. The van der Waals surface area contributed by atoms with E-state index in [4.69, 9.17) is 16.6 Å². The van der Waals surface area contributed by atoms with E-state index in [1.807, 2.05) is 45.8 Å². The quantitative estimate of drug-likeness (QED) is 0.430. The van der Waals surface area contributed by atoms with Crippen LogP contribution < -0.4 is 0 Å². The molecule has 3 saturated heterocycles. The van der Waals surface area contributed by atoms with E-state index in [2.05, 4.69) is 9.88 Å². The molecule has 2 atom stereocenters. The fraction of sp³-hybridized carbons (Fsp3) is 0.269. The van der Waals surface area contributed by atoms with E-state index < -0.39 is 5.82 Å². The molecule has 2 unspecified atom stereocenters. The minimum Gasteiger partial charge on any atom is -0.333 e. The Hall–Kier alpha value is -3.29. The van der Waals surface area contributed by atoms with E-state index in [0.29, 0.717) is 23.9 Å². The van der Waals surface area contributed by atoms with Gasteiger partial charge in [0.2, 0.25) is 5.78 Å². The second-order valence-corrected chi connectivity index (χ2v) is 9.39. The largest absolute Gasteiger partial charge is 0.333 e. The number of piperazine rings is 1. The molecule has 3 aliphatic rings. The van der Waals surface area contributed by atoms with Crippen molar-refractivity contribution in [1.29, 1.82) is 0 Å². The molecule has 0 spiro atoms. The molecule has 0 N–H and O–H groups in total. The predicted molar refractivity (Wildman–Crippen MR) is 128 cm³/mol. The van der Waals surface area contributed by atoms with Gasteiger partial charge in [-0.1, -0.05) is 35.9 Å². The summed E-state index contributed by atoms with van der Waals surface area (Å²) in [4.78, 5) is 26.6. The van der Waals surface area contributed by atoms with Gasteiger partial charge in [0.05, 0.1) is 17.0 Å². The number of imidazole rings is 1. The summed E-state index contributed by atoms with van der Waals surface area (Å²) >= 11 is 6.11. The van der Waals surface area contributed by atoms with Crippen molar-refractivity contribution in [1.82, 2.24) is 24.2 Å². The van der Waals surface area contributed by atoms with Crippen molar-refractivity contribution < 1.29 is 9.18 Å². The van der Waals surface area contributed by atoms with Gasteiger partial charge in [-0.25, -0.2) is 14.4 Å². The minimum absolute atomic E-state index is 0.0633. The summed E-state index contributed by atoms with van der Waals surface area (Å²) in [7, 11) is 0. The van der Waals surface area contributed by atoms with Gasteiger partial charge in [0, 0.05) is 54.7 Å². The highest BCUT2D eigenvalue weighted by molar-refractivity contribution is 6.30. The highest BCUT2D eigenvalue weighted by Crippen LogP contribution is 2.33. The highest BCUT2D eigenvalue weighted by atomic mass is 35.5. The zero-order valence-electron chi connectivity index (χ0n) is 18.4. The fourth-order valence-electron chi connectivity index (χ4n) is 5.26. The molecule has 0 saturated carbocycles. The summed E-state index contributed by atoms with van der Waals surface area (Å²) in [5.74, 6) is -0.0223. The van der Waals surface area contributed by atoms with Crippen molar-refractivity contribution in [3.8, 4) is 11.3 Å². The number of amides is 1. The normalized spacial score (nSPS) is 20.2. The van der Waals surface area contributed by atoms with E-state index in [1.54, 1.807) is 24.4 Å². The van der Waals surface area contributed by atoms with E-state index in [0.717, 1.165) is 36.3 Å². The van der Waals surface area contributed by atoms with Crippen LogP contribution in [0.4, 0.5) is 4.39 Å². The molecule has 6 nitrogen and oxygen atoms in total. The summed E-state index contributed by atoms with van der Waals surface area (Å²) in [5.41, 5.74) is 3.09. The second kappa shape index (κ2) is 8.49. The summed E-state index contributed by atoms with van der Waals surface area (Å²) < 4.78 is 16.3. The number of hydrogen-bond donors (Lipinski definition) is 0. The Morgan fingerprint density at radius 2 is 1.82 bits per heavy atom. The lowest BCUT2D eigenvalue weighted by Crippen LogP contribution is -2.63. The number of rotatable bonds is 4. The Labute approximate surface area is 201 Å². The molecule has 1 amide bonds. The van der Waals surface area contributed by atoms with Gasteiger partial charge in [0.25, 0.3) is 5.91 Å². The van der Waals surface area contributed by atoms with Crippen LogP contribution in [0.25, 0.3) is 17.0 Å². The van der Waals surface area contributed by atoms with Crippen LogP contribution >= 0.6 is 11.6 Å². The Kier molecular flexibility index (Phi) is 5.31. The third-order valence-electron chi connectivity index (χ3n) is 6.98. The van der Waals surface area contributed by atoms with E-state index in [1.165, 1.54) is 6.07 Å². The molecular weight excluding hydrogens is 453 g/mol. The Bertz CT molecular complexity index is 1370. The first kappa shape index (κ1) is 21.3. The third kappa shape index (κ3) is 3.65. The van der Waals surface area contributed by atoms with E-state index in [9.17, 15) is 9.18 Å².